The summed E-state index contributed by atoms with van der Waals surface area (Å²) >= 11 is 0. The average Bonchev–Trinajstić information content (AvgIpc) is 2.87. The molecule has 2 rings (SSSR count). The van der Waals surface area contributed by atoms with Crippen molar-refractivity contribution < 1.29 is 5.11 Å². The molecule has 0 aliphatic heterocycles. The van der Waals surface area contributed by atoms with Crippen LogP contribution in [0.15, 0.2) is 48.1 Å². The van der Waals surface area contributed by atoms with Gasteiger partial charge in [-0.25, -0.2) is 0 Å². The van der Waals surface area contributed by atoms with Gasteiger partial charge in [0.05, 0.1) is 6.10 Å². The Hall–Kier alpha value is -1.08. The summed E-state index contributed by atoms with van der Waals surface area (Å²) in [6, 6.07) is 0. The van der Waals surface area contributed by atoms with E-state index in [0.717, 1.165) is 19.3 Å². The van der Waals surface area contributed by atoms with E-state index in [0.29, 0.717) is 0 Å². The Kier molecular flexibility index (Phi) is 3.00. The van der Waals surface area contributed by atoms with E-state index in [1.54, 1.807) is 0 Å². The van der Waals surface area contributed by atoms with E-state index in [1.807, 2.05) is 12.2 Å². The minimum atomic E-state index is -0.222. The monoisotopic (exact) mass is 188 g/mol. The lowest BCUT2D eigenvalue weighted by molar-refractivity contribution is 0.140. The summed E-state index contributed by atoms with van der Waals surface area (Å²) < 4.78 is 0. The van der Waals surface area contributed by atoms with Crippen LogP contribution < -0.4 is 0 Å². The number of allylic oxidation sites excluding steroid dienone is 6. The van der Waals surface area contributed by atoms with Crippen molar-refractivity contribution in [3.63, 3.8) is 0 Å². The van der Waals surface area contributed by atoms with Crippen molar-refractivity contribution >= 4 is 0 Å². The summed E-state index contributed by atoms with van der Waals surface area (Å²) in [7, 11) is 0. The van der Waals surface area contributed by atoms with Crippen LogP contribution in [0.25, 0.3) is 0 Å². The molecule has 1 atom stereocenters. The van der Waals surface area contributed by atoms with Crippen molar-refractivity contribution in [1.29, 1.82) is 0 Å². The second kappa shape index (κ2) is 4.43. The van der Waals surface area contributed by atoms with Gasteiger partial charge in [-0.1, -0.05) is 48.1 Å². The van der Waals surface area contributed by atoms with E-state index in [-0.39, 0.29) is 12.0 Å². The van der Waals surface area contributed by atoms with Gasteiger partial charge in [-0.2, -0.15) is 0 Å². The largest absolute Gasteiger partial charge is 0.392 e. The molecule has 0 saturated heterocycles. The molecule has 0 aromatic rings. The van der Waals surface area contributed by atoms with E-state index >= 15 is 0 Å². The van der Waals surface area contributed by atoms with Crippen LogP contribution in [-0.4, -0.2) is 11.2 Å². The van der Waals surface area contributed by atoms with Gasteiger partial charge >= 0.3 is 0 Å². The Morgan fingerprint density at radius 2 is 2.14 bits per heavy atom. The summed E-state index contributed by atoms with van der Waals surface area (Å²) in [5.74, 6) is 0.237. The summed E-state index contributed by atoms with van der Waals surface area (Å²) in [4.78, 5) is 0. The molecule has 74 valence electrons. The second-order valence-corrected chi connectivity index (χ2v) is 3.87. The minimum absolute atomic E-state index is 0.222. The van der Waals surface area contributed by atoms with Gasteiger partial charge < -0.3 is 5.11 Å². The summed E-state index contributed by atoms with van der Waals surface area (Å²) in [5, 5.41) is 9.86. The predicted octanol–water partition coefficient (Wildman–Crippen LogP) is 2.76. The lowest BCUT2D eigenvalue weighted by atomic mass is 9.98. The summed E-state index contributed by atoms with van der Waals surface area (Å²) in [6.07, 6.45) is 17.4. The molecule has 0 spiro atoms. The van der Waals surface area contributed by atoms with Crippen molar-refractivity contribution in [2.45, 2.75) is 25.4 Å². The molecule has 2 aliphatic rings. The third kappa shape index (κ3) is 2.24. The first-order valence-corrected chi connectivity index (χ1v) is 5.25. The standard InChI is InChI=1S/C13H16O/c14-13(12-7-3-4-8-12)10-9-11-5-1-2-6-11/h1,3-8,12-14H,2,9-10H2. The van der Waals surface area contributed by atoms with Crippen LogP contribution in [0, 0.1) is 5.92 Å². The summed E-state index contributed by atoms with van der Waals surface area (Å²) in [5.41, 5.74) is 1.37. The van der Waals surface area contributed by atoms with E-state index < -0.39 is 0 Å². The first kappa shape index (κ1) is 9.47. The predicted molar refractivity (Wildman–Crippen MR) is 58.9 cm³/mol. The van der Waals surface area contributed by atoms with Gasteiger partial charge in [-0.3, -0.25) is 0 Å². The Labute approximate surface area is 85.1 Å². The number of aliphatic hydroxyl groups excluding tert-OH is 1. The molecule has 2 aliphatic carbocycles. The first-order valence-electron chi connectivity index (χ1n) is 5.25. The van der Waals surface area contributed by atoms with Crippen molar-refractivity contribution in [3.8, 4) is 0 Å². The van der Waals surface area contributed by atoms with Crippen LogP contribution >= 0.6 is 0 Å². The molecule has 1 N–H and O–H groups in total. The fourth-order valence-corrected chi connectivity index (χ4v) is 1.90. The molecule has 0 bridgehead atoms. The van der Waals surface area contributed by atoms with E-state index in [1.165, 1.54) is 5.57 Å². The van der Waals surface area contributed by atoms with Crippen LogP contribution in [0.3, 0.4) is 0 Å². The van der Waals surface area contributed by atoms with Gasteiger partial charge in [0.15, 0.2) is 0 Å². The highest BCUT2D eigenvalue weighted by molar-refractivity contribution is 5.26. The average molecular weight is 188 g/mol. The molecule has 0 amide bonds. The third-order valence-corrected chi connectivity index (χ3v) is 2.80. The van der Waals surface area contributed by atoms with Gasteiger partial charge in [-0.05, 0) is 19.3 Å². The fourth-order valence-electron chi connectivity index (χ4n) is 1.90. The topological polar surface area (TPSA) is 20.2 Å². The van der Waals surface area contributed by atoms with Crippen LogP contribution in [-0.2, 0) is 0 Å². The highest BCUT2D eigenvalue weighted by atomic mass is 16.3. The van der Waals surface area contributed by atoms with Crippen LogP contribution in [0.4, 0.5) is 0 Å². The highest BCUT2D eigenvalue weighted by Gasteiger charge is 2.15. The SMILES string of the molecule is OC(CCC1=CCC=C1)C1C=CC=C1. The molecule has 14 heavy (non-hydrogen) atoms. The van der Waals surface area contributed by atoms with Crippen molar-refractivity contribution in [2.75, 3.05) is 0 Å². The van der Waals surface area contributed by atoms with Crippen LogP contribution in [0.5, 0.6) is 0 Å². The van der Waals surface area contributed by atoms with Crippen molar-refractivity contribution in [3.05, 3.63) is 48.1 Å². The van der Waals surface area contributed by atoms with Gasteiger partial charge in [0.1, 0.15) is 0 Å². The maximum atomic E-state index is 9.86. The maximum absolute atomic E-state index is 9.86. The normalized spacial score (nSPS) is 21.9. The Morgan fingerprint density at radius 1 is 1.36 bits per heavy atom. The first-order chi connectivity index (χ1) is 6.86. The molecule has 0 radical (unpaired) electrons. The van der Waals surface area contributed by atoms with Gasteiger partial charge in [-0.15, -0.1) is 0 Å². The quantitative estimate of drug-likeness (QED) is 0.719. The number of aliphatic hydroxyl groups is 1. The van der Waals surface area contributed by atoms with Gasteiger partial charge in [0, 0.05) is 5.92 Å². The molecular formula is C13H16O. The molecule has 0 aromatic carbocycles. The third-order valence-electron chi connectivity index (χ3n) is 2.80. The minimum Gasteiger partial charge on any atom is -0.392 e. The van der Waals surface area contributed by atoms with Crippen LogP contribution in [0.1, 0.15) is 19.3 Å². The highest BCUT2D eigenvalue weighted by Crippen LogP contribution is 2.21. The van der Waals surface area contributed by atoms with E-state index in [9.17, 15) is 5.11 Å². The molecule has 1 nitrogen and oxygen atoms in total. The fraction of sp³-hybridized carbons (Fsp3) is 0.385. The van der Waals surface area contributed by atoms with E-state index in [4.69, 9.17) is 0 Å². The van der Waals surface area contributed by atoms with Crippen molar-refractivity contribution in [1.82, 2.24) is 0 Å². The number of rotatable bonds is 4. The number of hydrogen-bond acceptors (Lipinski definition) is 1. The van der Waals surface area contributed by atoms with Gasteiger partial charge in [0.25, 0.3) is 0 Å². The molecular weight excluding hydrogens is 172 g/mol. The zero-order valence-corrected chi connectivity index (χ0v) is 8.26. The molecule has 0 saturated carbocycles. The lowest BCUT2D eigenvalue weighted by Gasteiger charge is -2.14. The Morgan fingerprint density at radius 3 is 2.79 bits per heavy atom. The van der Waals surface area contributed by atoms with Gasteiger partial charge in [0.2, 0.25) is 0 Å². The maximum Gasteiger partial charge on any atom is 0.0640 e. The number of hydrogen-bond donors (Lipinski definition) is 1. The molecule has 0 fully saturated rings. The second-order valence-electron chi connectivity index (χ2n) is 3.87. The molecule has 1 unspecified atom stereocenters. The van der Waals surface area contributed by atoms with Crippen LogP contribution in [0.2, 0.25) is 0 Å². The molecule has 0 heterocycles. The Bertz CT molecular complexity index is 295. The Balaban J connectivity index is 1.77. The summed E-state index contributed by atoms with van der Waals surface area (Å²) in [6.45, 7) is 0. The zero-order chi connectivity index (χ0) is 9.80. The van der Waals surface area contributed by atoms with E-state index in [2.05, 4.69) is 30.4 Å². The lowest BCUT2D eigenvalue weighted by Crippen LogP contribution is -2.15. The molecule has 0 aromatic heterocycles. The van der Waals surface area contributed by atoms with Crippen molar-refractivity contribution in [2.24, 2.45) is 5.92 Å². The molecule has 1 heteroatoms. The smallest absolute Gasteiger partial charge is 0.0640 e. The zero-order valence-electron chi connectivity index (χ0n) is 8.26.